The number of aromatic nitrogens is 4. The first-order valence-corrected chi connectivity index (χ1v) is 12.5. The summed E-state index contributed by atoms with van der Waals surface area (Å²) in [5, 5.41) is 12.1. The van der Waals surface area contributed by atoms with Crippen molar-refractivity contribution in [3.05, 3.63) is 65.7 Å². The van der Waals surface area contributed by atoms with Crippen LogP contribution in [0, 0.1) is 0 Å². The van der Waals surface area contributed by atoms with Crippen molar-refractivity contribution in [1.82, 2.24) is 19.8 Å². The molecule has 3 aromatic carbocycles. The largest absolute Gasteiger partial charge is 0.493 e. The molecule has 0 spiro atoms. The van der Waals surface area contributed by atoms with Crippen LogP contribution in [-0.4, -0.2) is 49.6 Å². The van der Waals surface area contributed by atoms with Gasteiger partial charge in [-0.1, -0.05) is 35.0 Å². The molecule has 0 radical (unpaired) electrons. The van der Waals surface area contributed by atoms with Crippen molar-refractivity contribution in [2.24, 2.45) is 0 Å². The average molecular weight is 526 g/mol. The fourth-order valence-corrected chi connectivity index (χ4v) is 5.27. The van der Waals surface area contributed by atoms with Crippen LogP contribution in [-0.2, 0) is 9.84 Å². The van der Waals surface area contributed by atoms with Crippen LogP contribution in [0.2, 0.25) is 5.02 Å². The van der Waals surface area contributed by atoms with Crippen LogP contribution in [0.3, 0.4) is 0 Å². The monoisotopic (exact) mass is 525 g/mol. The molecule has 0 amide bonds. The van der Waals surface area contributed by atoms with Crippen molar-refractivity contribution in [2.45, 2.75) is 9.92 Å². The number of anilines is 2. The van der Waals surface area contributed by atoms with Crippen molar-refractivity contribution in [3.63, 3.8) is 0 Å². The van der Waals surface area contributed by atoms with Gasteiger partial charge in [-0.15, -0.1) is 5.10 Å². The molecule has 0 aliphatic rings. The summed E-state index contributed by atoms with van der Waals surface area (Å²) in [6.45, 7) is 0. The highest BCUT2D eigenvalue weighted by atomic mass is 35.5. The molecule has 5 rings (SSSR count). The first kappa shape index (κ1) is 23.6. The van der Waals surface area contributed by atoms with Crippen LogP contribution >= 0.6 is 11.6 Å². The number of rotatable bonds is 7. The number of hydrogen-bond acceptors (Lipinski definition) is 9. The molecule has 0 atom stereocenters. The number of fused-ring (bicyclic) bond motifs is 3. The lowest BCUT2D eigenvalue weighted by Gasteiger charge is -2.16. The van der Waals surface area contributed by atoms with E-state index in [1.807, 2.05) is 0 Å². The van der Waals surface area contributed by atoms with Crippen LogP contribution < -0.4 is 19.5 Å². The fourth-order valence-electron chi connectivity index (χ4n) is 3.84. The smallest absolute Gasteiger partial charge is 0.229 e. The molecule has 5 aromatic rings. The molecule has 10 nitrogen and oxygen atoms in total. The molecule has 0 bridgehead atoms. The maximum Gasteiger partial charge on any atom is 0.229 e. The first-order valence-electron chi connectivity index (χ1n) is 10.6. The van der Waals surface area contributed by atoms with E-state index in [0.717, 1.165) is 0 Å². The third-order valence-corrected chi connectivity index (χ3v) is 7.41. The van der Waals surface area contributed by atoms with Crippen molar-refractivity contribution < 1.29 is 22.6 Å². The topological polar surface area (TPSA) is 117 Å². The number of nitrogens with zero attached hydrogens (tertiary/aromatic N) is 4. The van der Waals surface area contributed by atoms with Gasteiger partial charge in [-0.2, -0.15) is 4.52 Å². The molecule has 0 aliphatic carbocycles. The lowest BCUT2D eigenvalue weighted by Crippen LogP contribution is -2.06. The zero-order valence-corrected chi connectivity index (χ0v) is 21.0. The van der Waals surface area contributed by atoms with E-state index >= 15 is 0 Å². The molecular formula is C24H20ClN5O5S. The minimum absolute atomic E-state index is 0.0589. The van der Waals surface area contributed by atoms with E-state index in [1.54, 1.807) is 48.5 Å². The van der Waals surface area contributed by atoms with Crippen molar-refractivity contribution in [3.8, 4) is 17.2 Å². The van der Waals surface area contributed by atoms with E-state index in [2.05, 4.69) is 20.6 Å². The van der Waals surface area contributed by atoms with Gasteiger partial charge in [0.2, 0.25) is 20.6 Å². The summed E-state index contributed by atoms with van der Waals surface area (Å²) < 4.78 is 44.4. The Kier molecular flexibility index (Phi) is 6.02. The van der Waals surface area contributed by atoms with Crippen molar-refractivity contribution in [2.75, 3.05) is 26.6 Å². The second-order valence-corrected chi connectivity index (χ2v) is 9.91. The highest BCUT2D eigenvalue weighted by molar-refractivity contribution is 7.91. The van der Waals surface area contributed by atoms with Gasteiger partial charge >= 0.3 is 0 Å². The Hall–Kier alpha value is -4.09. The number of halogens is 1. The number of nitrogens with one attached hydrogen (secondary N) is 1. The zero-order valence-electron chi connectivity index (χ0n) is 19.4. The molecule has 2 aromatic heterocycles. The van der Waals surface area contributed by atoms with E-state index in [9.17, 15) is 8.42 Å². The Balaban J connectivity index is 1.74. The van der Waals surface area contributed by atoms with Gasteiger partial charge in [0.25, 0.3) is 0 Å². The van der Waals surface area contributed by atoms with E-state index in [1.165, 1.54) is 38.0 Å². The predicted octanol–water partition coefficient (Wildman–Crippen LogP) is 4.53. The van der Waals surface area contributed by atoms with Crippen molar-refractivity contribution >= 4 is 49.5 Å². The van der Waals surface area contributed by atoms with Gasteiger partial charge in [0.15, 0.2) is 17.1 Å². The quantitative estimate of drug-likeness (QED) is 0.327. The number of benzene rings is 3. The second-order valence-electron chi connectivity index (χ2n) is 7.61. The first-order chi connectivity index (χ1) is 17.4. The lowest BCUT2D eigenvalue weighted by atomic mass is 10.2. The summed E-state index contributed by atoms with van der Waals surface area (Å²) in [6, 6.07) is 16.5. The zero-order chi connectivity index (χ0) is 25.4. The minimum Gasteiger partial charge on any atom is -0.493 e. The van der Waals surface area contributed by atoms with Gasteiger partial charge < -0.3 is 19.5 Å². The van der Waals surface area contributed by atoms with E-state index in [4.69, 9.17) is 25.8 Å². The molecule has 0 aliphatic heterocycles. The number of ether oxygens (including phenoxy) is 3. The molecule has 184 valence electrons. The van der Waals surface area contributed by atoms with E-state index in [0.29, 0.717) is 44.7 Å². The Morgan fingerprint density at radius 3 is 2.25 bits per heavy atom. The van der Waals surface area contributed by atoms with Crippen LogP contribution in [0.25, 0.3) is 16.6 Å². The van der Waals surface area contributed by atoms with Crippen LogP contribution in [0.15, 0.2) is 70.6 Å². The highest BCUT2D eigenvalue weighted by Crippen LogP contribution is 2.41. The summed E-state index contributed by atoms with van der Waals surface area (Å²) in [4.78, 5) is 4.71. The van der Waals surface area contributed by atoms with Crippen molar-refractivity contribution in [1.29, 1.82) is 0 Å². The lowest BCUT2D eigenvalue weighted by molar-refractivity contribution is 0.324. The Labute approximate surface area is 211 Å². The average Bonchev–Trinajstić information content (AvgIpc) is 3.33. The maximum atomic E-state index is 13.4. The van der Waals surface area contributed by atoms with E-state index < -0.39 is 9.84 Å². The summed E-state index contributed by atoms with van der Waals surface area (Å²) in [6.07, 6.45) is 0. The van der Waals surface area contributed by atoms with Gasteiger partial charge in [0.05, 0.1) is 31.7 Å². The van der Waals surface area contributed by atoms with E-state index in [-0.39, 0.29) is 15.6 Å². The number of methoxy groups -OCH3 is 3. The molecule has 12 heteroatoms. The van der Waals surface area contributed by atoms with Gasteiger partial charge in [-0.3, -0.25) is 0 Å². The normalized spacial score (nSPS) is 11.6. The van der Waals surface area contributed by atoms with Crippen LogP contribution in [0.5, 0.6) is 17.2 Å². The summed E-state index contributed by atoms with van der Waals surface area (Å²) >= 11 is 6.28. The van der Waals surface area contributed by atoms with Gasteiger partial charge in [0.1, 0.15) is 5.82 Å². The highest BCUT2D eigenvalue weighted by Gasteiger charge is 2.27. The molecule has 0 saturated heterocycles. The fraction of sp³-hybridized carbons (Fsp3) is 0.125. The van der Waals surface area contributed by atoms with Gasteiger partial charge in [0, 0.05) is 28.2 Å². The molecule has 1 N–H and O–H groups in total. The molecule has 36 heavy (non-hydrogen) atoms. The third-order valence-electron chi connectivity index (χ3n) is 5.51. The Morgan fingerprint density at radius 2 is 1.61 bits per heavy atom. The molecule has 2 heterocycles. The van der Waals surface area contributed by atoms with Gasteiger partial charge in [-0.05, 0) is 30.3 Å². The van der Waals surface area contributed by atoms with Crippen LogP contribution in [0.1, 0.15) is 0 Å². The molecule has 0 saturated carbocycles. The second kappa shape index (κ2) is 9.17. The Morgan fingerprint density at radius 1 is 0.917 bits per heavy atom. The third kappa shape index (κ3) is 3.91. The van der Waals surface area contributed by atoms with Crippen LogP contribution in [0.4, 0.5) is 11.5 Å². The minimum atomic E-state index is -3.99. The predicted molar refractivity (Wildman–Crippen MR) is 135 cm³/mol. The standard InChI is InChI=1S/C24H20ClN5O5S/c1-33-19-12-15(13-20(34-2)21(19)35-3)26-22-17-11-14(25)9-10-18(17)30-23(27-22)24(28-29-30)36(31,32)16-7-5-4-6-8-16/h4-13H,1-3H3,(H,26,27). The molecular weight excluding hydrogens is 506 g/mol. The number of hydrogen-bond donors (Lipinski definition) is 1. The summed E-state index contributed by atoms with van der Waals surface area (Å²) in [5.74, 6) is 1.63. The maximum absolute atomic E-state index is 13.4. The number of sulfone groups is 1. The Bertz CT molecular complexity index is 1680. The summed E-state index contributed by atoms with van der Waals surface area (Å²) in [7, 11) is 0.554. The van der Waals surface area contributed by atoms with Gasteiger partial charge in [-0.25, -0.2) is 13.4 Å². The molecule has 0 unspecified atom stereocenters. The summed E-state index contributed by atoms with van der Waals surface area (Å²) in [5.41, 5.74) is 1.17. The molecule has 0 fully saturated rings. The SMILES string of the molecule is COc1cc(Nc2nc3c(S(=O)(=O)c4ccccc4)nnn3c3ccc(Cl)cc23)cc(OC)c1OC.